The minimum Gasteiger partial charge on any atom is -0.334 e. The largest absolute Gasteiger partial charge is 0.334 e. The molecule has 1 aromatic carbocycles. The normalized spacial score (nSPS) is 10.3. The highest BCUT2D eigenvalue weighted by Crippen LogP contribution is 2.33. The van der Waals surface area contributed by atoms with Crippen LogP contribution in [0.25, 0.3) is 0 Å². The molecule has 1 aromatic heterocycles. The molecule has 10 heteroatoms. The topological polar surface area (TPSA) is 96.0 Å². The summed E-state index contributed by atoms with van der Waals surface area (Å²) >= 11 is 8.77. The van der Waals surface area contributed by atoms with Crippen LogP contribution < -0.4 is 16.0 Å². The second-order valence-corrected chi connectivity index (χ2v) is 7.88. The fraction of sp³-hybridized carbons (Fsp3) is 0.250. The number of anilines is 2. The number of nitrogens with one attached hydrogen (secondary N) is 3. The van der Waals surface area contributed by atoms with E-state index in [2.05, 4.69) is 32.7 Å². The zero-order chi connectivity index (χ0) is 19.1. The number of nitrogens with zero attached hydrogens (tertiary/aromatic N) is 2. The number of hydrogen-bond donors (Lipinski definition) is 3. The third kappa shape index (κ3) is 6.01. The fourth-order valence-corrected chi connectivity index (χ4v) is 3.92. The molecule has 0 aliphatic rings. The molecule has 0 atom stereocenters. The number of carbonyl (C=O) groups excluding carboxylic acids is 2. The van der Waals surface area contributed by atoms with Crippen molar-refractivity contribution in [3.8, 4) is 0 Å². The standard InChI is InChI=1S/C16H18ClN5O2S2/c1-4-5-18-14(24)19-12(23)8-25-16-22-21-15(26-16)20-13-10(3)6-9(2)7-11(13)17/h4,6-7H,1,5,8H2,2-3H3,(H,20,21)(H2,18,19,23,24). The number of aryl methyl sites for hydroxylation is 2. The summed E-state index contributed by atoms with van der Waals surface area (Å²) in [6, 6.07) is 3.33. The molecule has 0 saturated heterocycles. The number of thioether (sulfide) groups is 1. The number of amides is 3. The Hall–Kier alpha value is -2.10. The third-order valence-corrected chi connectivity index (χ3v) is 5.33. The molecule has 3 amide bonds. The van der Waals surface area contributed by atoms with Crippen molar-refractivity contribution in [3.05, 3.63) is 40.9 Å². The van der Waals surface area contributed by atoms with Gasteiger partial charge in [-0.3, -0.25) is 10.1 Å². The molecule has 3 N–H and O–H groups in total. The first-order valence-electron chi connectivity index (χ1n) is 7.57. The van der Waals surface area contributed by atoms with Gasteiger partial charge < -0.3 is 10.6 Å². The van der Waals surface area contributed by atoms with Gasteiger partial charge in [0.15, 0.2) is 4.34 Å². The van der Waals surface area contributed by atoms with E-state index < -0.39 is 11.9 Å². The van der Waals surface area contributed by atoms with E-state index in [1.165, 1.54) is 29.2 Å². The van der Waals surface area contributed by atoms with Gasteiger partial charge in [0.1, 0.15) is 0 Å². The van der Waals surface area contributed by atoms with Gasteiger partial charge in [-0.15, -0.1) is 16.8 Å². The molecule has 0 bridgehead atoms. The predicted molar refractivity (Wildman–Crippen MR) is 107 cm³/mol. The Labute approximate surface area is 164 Å². The summed E-state index contributed by atoms with van der Waals surface area (Å²) in [7, 11) is 0. The Morgan fingerprint density at radius 1 is 1.35 bits per heavy atom. The van der Waals surface area contributed by atoms with Crippen molar-refractivity contribution >= 4 is 57.5 Å². The van der Waals surface area contributed by atoms with E-state index in [1.807, 2.05) is 26.0 Å². The van der Waals surface area contributed by atoms with E-state index in [-0.39, 0.29) is 5.75 Å². The average molecular weight is 412 g/mol. The van der Waals surface area contributed by atoms with Crippen LogP contribution in [0.4, 0.5) is 15.6 Å². The summed E-state index contributed by atoms with van der Waals surface area (Å²) in [5.41, 5.74) is 2.86. The summed E-state index contributed by atoms with van der Waals surface area (Å²) in [6.45, 7) is 7.70. The van der Waals surface area contributed by atoms with Crippen LogP contribution in [-0.2, 0) is 4.79 Å². The van der Waals surface area contributed by atoms with Crippen molar-refractivity contribution in [3.63, 3.8) is 0 Å². The Balaban J connectivity index is 1.89. The van der Waals surface area contributed by atoms with Gasteiger partial charge in [0, 0.05) is 6.54 Å². The second-order valence-electron chi connectivity index (χ2n) is 5.27. The first-order valence-corrected chi connectivity index (χ1v) is 9.75. The van der Waals surface area contributed by atoms with Gasteiger partial charge in [0.2, 0.25) is 11.0 Å². The van der Waals surface area contributed by atoms with Gasteiger partial charge in [-0.2, -0.15) is 0 Å². The van der Waals surface area contributed by atoms with Crippen molar-refractivity contribution in [2.24, 2.45) is 0 Å². The number of carbonyl (C=O) groups is 2. The molecule has 2 aromatic rings. The van der Waals surface area contributed by atoms with Crippen LogP contribution in [0.5, 0.6) is 0 Å². The van der Waals surface area contributed by atoms with Crippen molar-refractivity contribution in [1.82, 2.24) is 20.8 Å². The molecule has 26 heavy (non-hydrogen) atoms. The van der Waals surface area contributed by atoms with Crippen molar-refractivity contribution in [2.45, 2.75) is 18.2 Å². The first-order chi connectivity index (χ1) is 12.4. The van der Waals surface area contributed by atoms with E-state index >= 15 is 0 Å². The van der Waals surface area contributed by atoms with Crippen LogP contribution in [-0.4, -0.2) is 34.4 Å². The lowest BCUT2D eigenvalue weighted by Gasteiger charge is -2.09. The lowest BCUT2D eigenvalue weighted by Crippen LogP contribution is -2.40. The number of aromatic nitrogens is 2. The number of hydrogen-bond acceptors (Lipinski definition) is 7. The van der Waals surface area contributed by atoms with E-state index in [1.54, 1.807) is 0 Å². The summed E-state index contributed by atoms with van der Waals surface area (Å²) in [5.74, 6) is -0.362. The molecule has 0 saturated carbocycles. The quantitative estimate of drug-likeness (QED) is 0.475. The minimum absolute atomic E-state index is 0.0560. The molecular formula is C16H18ClN5O2S2. The van der Waals surface area contributed by atoms with Crippen LogP contribution in [0.2, 0.25) is 5.02 Å². The van der Waals surface area contributed by atoms with Crippen LogP contribution in [0.1, 0.15) is 11.1 Å². The van der Waals surface area contributed by atoms with Crippen molar-refractivity contribution in [1.29, 1.82) is 0 Å². The fourth-order valence-electron chi connectivity index (χ4n) is 2.00. The van der Waals surface area contributed by atoms with Gasteiger partial charge in [-0.05, 0) is 31.0 Å². The molecule has 0 aliphatic carbocycles. The van der Waals surface area contributed by atoms with Crippen LogP contribution in [0.3, 0.4) is 0 Å². The van der Waals surface area contributed by atoms with Crippen LogP contribution in [0, 0.1) is 13.8 Å². The average Bonchev–Trinajstić information content (AvgIpc) is 3.02. The second kappa shape index (κ2) is 9.56. The maximum Gasteiger partial charge on any atom is 0.321 e. The minimum atomic E-state index is -0.556. The summed E-state index contributed by atoms with van der Waals surface area (Å²) < 4.78 is 0.607. The summed E-state index contributed by atoms with van der Waals surface area (Å²) in [4.78, 5) is 23.1. The highest BCUT2D eigenvalue weighted by Gasteiger charge is 2.12. The van der Waals surface area contributed by atoms with E-state index in [4.69, 9.17) is 11.6 Å². The highest BCUT2D eigenvalue weighted by atomic mass is 35.5. The van der Waals surface area contributed by atoms with E-state index in [9.17, 15) is 9.59 Å². The molecule has 0 unspecified atom stereocenters. The Morgan fingerprint density at radius 3 is 2.81 bits per heavy atom. The van der Waals surface area contributed by atoms with Gasteiger partial charge in [0.25, 0.3) is 0 Å². The number of halogens is 1. The van der Waals surface area contributed by atoms with Crippen molar-refractivity contribution < 1.29 is 9.59 Å². The molecular weight excluding hydrogens is 394 g/mol. The van der Waals surface area contributed by atoms with Crippen LogP contribution in [0.15, 0.2) is 29.1 Å². The molecule has 0 fully saturated rings. The van der Waals surface area contributed by atoms with Gasteiger partial charge >= 0.3 is 6.03 Å². The molecule has 1 heterocycles. The Bertz CT molecular complexity index is 802. The number of benzene rings is 1. The van der Waals surface area contributed by atoms with Gasteiger partial charge in [-0.25, -0.2) is 4.79 Å². The van der Waals surface area contributed by atoms with Gasteiger partial charge in [-0.1, -0.05) is 46.8 Å². The molecule has 138 valence electrons. The zero-order valence-corrected chi connectivity index (χ0v) is 16.6. The lowest BCUT2D eigenvalue weighted by molar-refractivity contribution is -0.117. The molecule has 2 rings (SSSR count). The molecule has 7 nitrogen and oxygen atoms in total. The number of urea groups is 1. The van der Waals surface area contributed by atoms with E-state index in [0.29, 0.717) is 21.0 Å². The molecule has 0 aliphatic heterocycles. The molecule has 0 spiro atoms. The Kier molecular flexibility index (Phi) is 7.43. The van der Waals surface area contributed by atoms with E-state index in [0.717, 1.165) is 16.8 Å². The SMILES string of the molecule is C=CCNC(=O)NC(=O)CSc1nnc(Nc2c(C)cc(C)cc2Cl)s1. The highest BCUT2D eigenvalue weighted by molar-refractivity contribution is 8.01. The summed E-state index contributed by atoms with van der Waals surface area (Å²) in [6.07, 6.45) is 1.52. The predicted octanol–water partition coefficient (Wildman–Crippen LogP) is 3.66. The lowest BCUT2D eigenvalue weighted by atomic mass is 10.1. The Morgan fingerprint density at radius 2 is 2.12 bits per heavy atom. The maximum absolute atomic E-state index is 11.7. The number of rotatable bonds is 7. The first kappa shape index (κ1) is 20.2. The maximum atomic E-state index is 11.7. The third-order valence-electron chi connectivity index (χ3n) is 3.06. The van der Waals surface area contributed by atoms with Crippen molar-refractivity contribution in [2.75, 3.05) is 17.6 Å². The van der Waals surface area contributed by atoms with Gasteiger partial charge in [0.05, 0.1) is 16.5 Å². The van der Waals surface area contributed by atoms with Crippen LogP contribution >= 0.6 is 34.7 Å². The molecule has 0 radical (unpaired) electrons. The summed E-state index contributed by atoms with van der Waals surface area (Å²) in [5, 5.41) is 17.1. The zero-order valence-electron chi connectivity index (χ0n) is 14.3. The smallest absolute Gasteiger partial charge is 0.321 e. The number of imide groups is 1. The monoisotopic (exact) mass is 411 g/mol.